The van der Waals surface area contributed by atoms with Crippen molar-refractivity contribution in [1.29, 1.82) is 0 Å². The summed E-state index contributed by atoms with van der Waals surface area (Å²) < 4.78 is 12.0. The van der Waals surface area contributed by atoms with E-state index in [2.05, 4.69) is 25.5 Å². The maximum Gasteiger partial charge on any atom is 0.228 e. The Balaban J connectivity index is 1.71. The fourth-order valence-corrected chi connectivity index (χ4v) is 3.31. The lowest BCUT2D eigenvalue weighted by Gasteiger charge is -2.18. The summed E-state index contributed by atoms with van der Waals surface area (Å²) in [5, 5.41) is 44.2. The number of aromatic hydroxyl groups is 1. The molecule has 1 saturated heterocycles. The lowest BCUT2D eigenvalue weighted by molar-refractivity contribution is -0.0501. The maximum absolute atomic E-state index is 10.5. The van der Waals surface area contributed by atoms with Crippen LogP contribution in [0.4, 0.5) is 11.8 Å². The van der Waals surface area contributed by atoms with E-state index < -0.39 is 31.1 Å². The first kappa shape index (κ1) is 20.7. The minimum Gasteiger partial charge on any atom is -0.504 e. The minimum atomic E-state index is -1.38. The molecule has 3 aromatic rings. The average molecular weight is 431 g/mol. The second-order valence-electron chi connectivity index (χ2n) is 6.73. The van der Waals surface area contributed by atoms with Crippen LogP contribution in [0.3, 0.4) is 0 Å². The van der Waals surface area contributed by atoms with Crippen molar-refractivity contribution >= 4 is 29.1 Å². The number of hydrogen-bond acceptors (Lipinski definition) is 12. The number of nitrogen functional groups attached to an aromatic ring is 1. The Morgan fingerprint density at radius 3 is 2.84 bits per heavy atom. The summed E-state index contributed by atoms with van der Waals surface area (Å²) in [4.78, 5) is 12.4. The van der Waals surface area contributed by atoms with Crippen molar-refractivity contribution < 1.29 is 29.9 Å². The highest BCUT2D eigenvalue weighted by Crippen LogP contribution is 2.35. The zero-order chi connectivity index (χ0) is 22.1. The van der Waals surface area contributed by atoms with Gasteiger partial charge in [0.1, 0.15) is 24.6 Å². The smallest absolute Gasteiger partial charge is 0.228 e. The Bertz CT molecular complexity index is 1120. The van der Waals surface area contributed by atoms with Gasteiger partial charge in [0.15, 0.2) is 34.7 Å². The van der Waals surface area contributed by atoms with Crippen LogP contribution in [0, 0.1) is 0 Å². The van der Waals surface area contributed by atoms with Crippen LogP contribution >= 0.6 is 0 Å². The van der Waals surface area contributed by atoms with Crippen LogP contribution < -0.4 is 15.9 Å². The van der Waals surface area contributed by atoms with Gasteiger partial charge in [-0.1, -0.05) is 6.07 Å². The summed E-state index contributed by atoms with van der Waals surface area (Å²) >= 11 is 0. The molecule has 1 aliphatic heterocycles. The third kappa shape index (κ3) is 3.59. The largest absolute Gasteiger partial charge is 0.504 e. The predicted molar refractivity (Wildman–Crippen MR) is 109 cm³/mol. The highest BCUT2D eigenvalue weighted by Gasteiger charge is 2.45. The van der Waals surface area contributed by atoms with E-state index in [-0.39, 0.29) is 34.4 Å². The van der Waals surface area contributed by atoms with E-state index in [1.165, 1.54) is 24.2 Å². The summed E-state index contributed by atoms with van der Waals surface area (Å²) in [5.41, 5.74) is 9.42. The number of aliphatic hydroxyl groups is 3. The molecule has 2 aromatic heterocycles. The van der Waals surface area contributed by atoms with Gasteiger partial charge in [0, 0.05) is 5.56 Å². The molecule has 3 heterocycles. The van der Waals surface area contributed by atoms with Gasteiger partial charge in [0.2, 0.25) is 5.95 Å². The summed E-state index contributed by atoms with van der Waals surface area (Å²) in [5.74, 6) is 0.358. The SMILES string of the molecule is COc1cccc(C=NNc2nc3c(N)ncnc3n2[C@H]2O[C@H](CO)[C@@H](O)[C@H]2O)c1O. The first-order valence-corrected chi connectivity index (χ1v) is 9.22. The first-order chi connectivity index (χ1) is 15.0. The first-order valence-electron chi connectivity index (χ1n) is 9.22. The van der Waals surface area contributed by atoms with Gasteiger partial charge in [-0.2, -0.15) is 5.10 Å². The Labute approximate surface area is 175 Å². The highest BCUT2D eigenvalue weighted by atomic mass is 16.6. The molecule has 4 rings (SSSR count). The maximum atomic E-state index is 10.5. The number of nitrogens with one attached hydrogen (secondary N) is 1. The van der Waals surface area contributed by atoms with Crippen molar-refractivity contribution in [1.82, 2.24) is 19.5 Å². The molecule has 0 bridgehead atoms. The molecule has 31 heavy (non-hydrogen) atoms. The van der Waals surface area contributed by atoms with Crippen LogP contribution in [0.2, 0.25) is 0 Å². The van der Waals surface area contributed by atoms with Crippen LogP contribution in [0.5, 0.6) is 11.5 Å². The number of methoxy groups -OCH3 is 1. The Kier molecular flexibility index (Phi) is 5.56. The van der Waals surface area contributed by atoms with Gasteiger partial charge in [-0.25, -0.2) is 20.4 Å². The summed E-state index contributed by atoms with van der Waals surface area (Å²) in [6, 6.07) is 4.91. The lowest BCUT2D eigenvalue weighted by atomic mass is 10.1. The zero-order valence-corrected chi connectivity index (χ0v) is 16.3. The van der Waals surface area contributed by atoms with E-state index in [0.29, 0.717) is 5.56 Å². The number of aliphatic hydroxyl groups excluding tert-OH is 3. The van der Waals surface area contributed by atoms with Crippen molar-refractivity contribution in [3.63, 3.8) is 0 Å². The molecule has 1 aromatic carbocycles. The number of nitrogens with zero attached hydrogens (tertiary/aromatic N) is 5. The quantitative estimate of drug-likeness (QED) is 0.211. The number of aromatic nitrogens is 4. The van der Waals surface area contributed by atoms with Crippen LogP contribution in [0.15, 0.2) is 29.6 Å². The molecule has 13 heteroatoms. The van der Waals surface area contributed by atoms with E-state index in [1.54, 1.807) is 18.2 Å². The number of rotatable bonds is 6. The molecule has 0 radical (unpaired) electrons. The number of hydrazone groups is 1. The van der Waals surface area contributed by atoms with E-state index in [1.807, 2.05) is 0 Å². The fourth-order valence-electron chi connectivity index (χ4n) is 3.31. The Hall–Kier alpha value is -3.52. The standard InChI is InChI=1S/C18H21N7O6/c1-30-9-4-2-3-8(12(9)27)5-22-24-18-23-11-15(19)20-7-21-16(11)25(18)17-14(29)13(28)10(6-26)31-17/h2-5,7,10,13-14,17,26-29H,6H2,1H3,(H,23,24)(H2,19,20,21)/t10-,13-,14-,17+/m1/s1. The second kappa shape index (κ2) is 8.31. The molecule has 1 fully saturated rings. The van der Waals surface area contributed by atoms with E-state index in [9.17, 15) is 20.4 Å². The van der Waals surface area contributed by atoms with E-state index in [0.717, 1.165) is 0 Å². The number of phenolic OH excluding ortho intramolecular Hbond substituents is 1. The number of hydrogen-bond donors (Lipinski definition) is 6. The number of benzene rings is 1. The minimum absolute atomic E-state index is 0.0793. The van der Waals surface area contributed by atoms with Crippen LogP contribution in [-0.4, -0.2) is 78.2 Å². The fraction of sp³-hybridized carbons (Fsp3) is 0.333. The average Bonchev–Trinajstić information content (AvgIpc) is 3.27. The number of para-hydroxylation sites is 1. The number of ether oxygens (including phenoxy) is 2. The number of nitrogens with two attached hydrogens (primary N) is 1. The molecule has 0 unspecified atom stereocenters. The van der Waals surface area contributed by atoms with Crippen LogP contribution in [-0.2, 0) is 4.74 Å². The molecule has 0 amide bonds. The number of imidazole rings is 1. The van der Waals surface area contributed by atoms with Crippen LogP contribution in [0.25, 0.3) is 11.2 Å². The molecule has 4 atom stereocenters. The molecule has 0 spiro atoms. The van der Waals surface area contributed by atoms with Gasteiger partial charge in [-0.3, -0.25) is 4.57 Å². The van der Waals surface area contributed by atoms with Gasteiger partial charge >= 0.3 is 0 Å². The van der Waals surface area contributed by atoms with Crippen molar-refractivity contribution in [3.05, 3.63) is 30.1 Å². The number of anilines is 2. The van der Waals surface area contributed by atoms with Gasteiger partial charge in [-0.05, 0) is 12.1 Å². The summed E-state index contributed by atoms with van der Waals surface area (Å²) in [7, 11) is 1.43. The van der Waals surface area contributed by atoms with Crippen molar-refractivity contribution in [2.75, 3.05) is 24.9 Å². The molecular formula is C18H21N7O6. The molecule has 13 nitrogen and oxygen atoms in total. The topological polar surface area (TPSA) is 193 Å². The molecule has 0 aliphatic carbocycles. The van der Waals surface area contributed by atoms with Gasteiger partial charge in [0.25, 0.3) is 0 Å². The van der Waals surface area contributed by atoms with E-state index >= 15 is 0 Å². The summed E-state index contributed by atoms with van der Waals surface area (Å²) in [6.07, 6.45) is -2.27. The molecule has 0 saturated carbocycles. The van der Waals surface area contributed by atoms with Gasteiger partial charge in [0.05, 0.1) is 19.9 Å². The van der Waals surface area contributed by atoms with Crippen LogP contribution in [0.1, 0.15) is 11.8 Å². The second-order valence-corrected chi connectivity index (χ2v) is 6.73. The third-order valence-electron chi connectivity index (χ3n) is 4.90. The van der Waals surface area contributed by atoms with Crippen molar-refractivity contribution in [2.24, 2.45) is 5.10 Å². The van der Waals surface area contributed by atoms with Gasteiger partial charge in [-0.15, -0.1) is 0 Å². The lowest BCUT2D eigenvalue weighted by Crippen LogP contribution is -2.33. The predicted octanol–water partition coefficient (Wildman–Crippen LogP) is -0.820. The Morgan fingerprint density at radius 2 is 2.13 bits per heavy atom. The Morgan fingerprint density at radius 1 is 1.32 bits per heavy atom. The van der Waals surface area contributed by atoms with Crippen molar-refractivity contribution in [2.45, 2.75) is 24.5 Å². The van der Waals surface area contributed by atoms with Crippen molar-refractivity contribution in [3.8, 4) is 11.5 Å². The van der Waals surface area contributed by atoms with Gasteiger partial charge < -0.3 is 35.6 Å². The molecule has 1 aliphatic rings. The molecular weight excluding hydrogens is 410 g/mol. The monoisotopic (exact) mass is 431 g/mol. The third-order valence-corrected chi connectivity index (χ3v) is 4.90. The zero-order valence-electron chi connectivity index (χ0n) is 16.3. The normalized spacial score (nSPS) is 23.6. The number of fused-ring (bicyclic) bond motifs is 1. The molecule has 7 N–H and O–H groups in total. The molecule has 164 valence electrons. The number of phenols is 1. The van der Waals surface area contributed by atoms with E-state index in [4.69, 9.17) is 15.2 Å². The highest BCUT2D eigenvalue weighted by molar-refractivity contribution is 5.86. The summed E-state index contributed by atoms with van der Waals surface area (Å²) in [6.45, 7) is -0.492.